The van der Waals surface area contributed by atoms with Gasteiger partial charge in [-0.2, -0.15) is 0 Å². The van der Waals surface area contributed by atoms with Crippen molar-refractivity contribution in [2.24, 2.45) is 28.6 Å². The fourth-order valence-electron chi connectivity index (χ4n) is 7.28. The van der Waals surface area contributed by atoms with Crippen LogP contribution in [0.4, 0.5) is 4.39 Å². The summed E-state index contributed by atoms with van der Waals surface area (Å²) in [6.07, 6.45) is 1.65. The first-order valence-corrected chi connectivity index (χ1v) is 10.0. The number of carbonyl (C=O) groups is 2. The van der Waals surface area contributed by atoms with E-state index < -0.39 is 41.1 Å². The fraction of sp³-hybridized carbons (Fsp3) is 0.810. The van der Waals surface area contributed by atoms with Gasteiger partial charge in [0.1, 0.15) is 18.4 Å². The molecule has 0 radical (unpaired) electrons. The van der Waals surface area contributed by atoms with Crippen LogP contribution in [0.15, 0.2) is 11.6 Å². The van der Waals surface area contributed by atoms with E-state index in [9.17, 15) is 24.9 Å². The summed E-state index contributed by atoms with van der Waals surface area (Å²) in [6.45, 7) is 2.95. The van der Waals surface area contributed by atoms with Gasteiger partial charge < -0.3 is 15.3 Å². The standard InChI is InChI=1S/C21H29FO5/c1-19-9-15(25)18-13(14(19)5-6-21(19,27)17(26)10-23)4-3-11-7-12(24)8-16(22)20(11,18)2/h7,13-16,18,23,25,27H,3-6,8-10H2,1-2H3/t13-,14-,15-,16?,18+,19-,20+,21-/m0/s1. The average Bonchev–Trinajstić information content (AvgIpc) is 2.87. The first-order valence-electron chi connectivity index (χ1n) is 10.0. The molecule has 6 heteroatoms. The monoisotopic (exact) mass is 380 g/mol. The minimum Gasteiger partial charge on any atom is -0.393 e. The van der Waals surface area contributed by atoms with E-state index in [2.05, 4.69) is 0 Å². The van der Waals surface area contributed by atoms with Crippen LogP contribution in [0.2, 0.25) is 0 Å². The molecule has 0 heterocycles. The van der Waals surface area contributed by atoms with Crippen LogP contribution in [-0.2, 0) is 9.59 Å². The molecular formula is C21H29FO5. The quantitative estimate of drug-likeness (QED) is 0.678. The maximum Gasteiger partial charge on any atom is 0.190 e. The van der Waals surface area contributed by atoms with Gasteiger partial charge in [-0.3, -0.25) is 9.59 Å². The zero-order valence-corrected chi connectivity index (χ0v) is 15.9. The highest BCUT2D eigenvalue weighted by molar-refractivity contribution is 5.92. The molecule has 8 atom stereocenters. The molecular weight excluding hydrogens is 351 g/mol. The van der Waals surface area contributed by atoms with Crippen molar-refractivity contribution < 1.29 is 29.3 Å². The molecule has 0 bridgehead atoms. The third-order valence-corrected chi connectivity index (χ3v) is 8.71. The molecule has 1 unspecified atom stereocenters. The SMILES string of the molecule is C[C@]12C[C@H](O)[C@H]3[C@@H](CCC4=CC(=O)CC(F)[C@@]43C)[C@@H]1CC[C@]2(O)C(=O)CO. The molecule has 0 aromatic carbocycles. The van der Waals surface area contributed by atoms with Crippen molar-refractivity contribution in [1.82, 2.24) is 0 Å². The lowest BCUT2D eigenvalue weighted by molar-refractivity contribution is -0.187. The van der Waals surface area contributed by atoms with Gasteiger partial charge in [-0.15, -0.1) is 0 Å². The molecule has 0 amide bonds. The number of ketones is 2. The molecule has 3 N–H and O–H groups in total. The molecule has 4 aliphatic carbocycles. The van der Waals surface area contributed by atoms with E-state index in [4.69, 9.17) is 0 Å². The smallest absolute Gasteiger partial charge is 0.190 e. The van der Waals surface area contributed by atoms with Crippen LogP contribution in [0, 0.1) is 28.6 Å². The molecule has 5 nitrogen and oxygen atoms in total. The summed E-state index contributed by atoms with van der Waals surface area (Å²) in [5, 5.41) is 31.6. The van der Waals surface area contributed by atoms with E-state index in [1.54, 1.807) is 6.08 Å². The van der Waals surface area contributed by atoms with Crippen molar-refractivity contribution in [3.8, 4) is 0 Å². The molecule has 150 valence electrons. The normalized spacial score (nSPS) is 51.9. The van der Waals surface area contributed by atoms with Gasteiger partial charge in [0.15, 0.2) is 11.6 Å². The molecule has 0 aromatic rings. The van der Waals surface area contributed by atoms with Crippen LogP contribution in [0.5, 0.6) is 0 Å². The highest BCUT2D eigenvalue weighted by Gasteiger charge is 2.69. The van der Waals surface area contributed by atoms with E-state index in [1.807, 2.05) is 13.8 Å². The molecule has 4 rings (SSSR count). The summed E-state index contributed by atoms with van der Waals surface area (Å²) < 4.78 is 15.2. The Morgan fingerprint density at radius 1 is 1.33 bits per heavy atom. The zero-order chi connectivity index (χ0) is 19.8. The number of carbonyl (C=O) groups excluding carboxylic acids is 2. The molecule has 0 saturated heterocycles. The molecule has 27 heavy (non-hydrogen) atoms. The second kappa shape index (κ2) is 5.94. The maximum absolute atomic E-state index is 15.2. The van der Waals surface area contributed by atoms with Crippen molar-refractivity contribution >= 4 is 11.6 Å². The molecule has 4 aliphatic rings. The van der Waals surface area contributed by atoms with E-state index in [1.165, 1.54) is 0 Å². The average molecular weight is 380 g/mol. The van der Waals surface area contributed by atoms with E-state index in [0.29, 0.717) is 19.3 Å². The summed E-state index contributed by atoms with van der Waals surface area (Å²) in [5.74, 6) is -1.15. The number of fused-ring (bicyclic) bond motifs is 5. The van der Waals surface area contributed by atoms with Crippen molar-refractivity contribution in [2.45, 2.75) is 70.2 Å². The van der Waals surface area contributed by atoms with Crippen molar-refractivity contribution in [3.63, 3.8) is 0 Å². The highest BCUT2D eigenvalue weighted by atomic mass is 19.1. The number of hydrogen-bond acceptors (Lipinski definition) is 5. The van der Waals surface area contributed by atoms with Gasteiger partial charge in [0.25, 0.3) is 0 Å². The highest BCUT2D eigenvalue weighted by Crippen LogP contribution is 2.67. The molecule has 0 aromatic heterocycles. The summed E-state index contributed by atoms with van der Waals surface area (Å²) in [6, 6.07) is 0. The minimum atomic E-state index is -1.65. The van der Waals surface area contributed by atoms with Crippen LogP contribution in [0.3, 0.4) is 0 Å². The van der Waals surface area contributed by atoms with Crippen LogP contribution in [0.1, 0.15) is 52.4 Å². The Morgan fingerprint density at radius 2 is 2.04 bits per heavy atom. The van der Waals surface area contributed by atoms with E-state index in [0.717, 1.165) is 5.57 Å². The number of Topliss-reactive ketones (excluding diaryl/α,β-unsaturated/α-hetero) is 1. The largest absolute Gasteiger partial charge is 0.393 e. The van der Waals surface area contributed by atoms with Gasteiger partial charge >= 0.3 is 0 Å². The van der Waals surface area contributed by atoms with Gasteiger partial charge in [-0.1, -0.05) is 19.4 Å². The predicted molar refractivity (Wildman–Crippen MR) is 95.4 cm³/mol. The van der Waals surface area contributed by atoms with E-state index >= 15 is 4.39 Å². The number of alkyl halides is 1. The van der Waals surface area contributed by atoms with Crippen LogP contribution in [0.25, 0.3) is 0 Å². The summed E-state index contributed by atoms with van der Waals surface area (Å²) >= 11 is 0. The van der Waals surface area contributed by atoms with Gasteiger partial charge in [0.05, 0.1) is 6.10 Å². The fourth-order valence-corrected chi connectivity index (χ4v) is 7.28. The number of allylic oxidation sites excluding steroid dienone is 1. The first kappa shape index (κ1) is 19.2. The zero-order valence-electron chi connectivity index (χ0n) is 15.9. The lowest BCUT2D eigenvalue weighted by Crippen LogP contribution is -2.63. The predicted octanol–water partition coefficient (Wildman–Crippen LogP) is 1.73. The summed E-state index contributed by atoms with van der Waals surface area (Å²) in [5.41, 5.74) is -2.55. The minimum absolute atomic E-state index is 0.0189. The maximum atomic E-state index is 15.2. The van der Waals surface area contributed by atoms with Crippen LogP contribution in [-0.4, -0.2) is 51.4 Å². The third-order valence-electron chi connectivity index (χ3n) is 8.71. The Balaban J connectivity index is 1.76. The Morgan fingerprint density at radius 3 is 2.70 bits per heavy atom. The van der Waals surface area contributed by atoms with Gasteiger partial charge in [0.2, 0.25) is 0 Å². The van der Waals surface area contributed by atoms with Crippen molar-refractivity contribution in [3.05, 3.63) is 11.6 Å². The third kappa shape index (κ3) is 2.26. The topological polar surface area (TPSA) is 94.8 Å². The Labute approximate surface area is 158 Å². The van der Waals surface area contributed by atoms with E-state index in [-0.39, 0.29) is 42.8 Å². The summed E-state index contributed by atoms with van der Waals surface area (Å²) in [4.78, 5) is 24.2. The lowest BCUT2D eigenvalue weighted by atomic mass is 9.45. The Kier molecular flexibility index (Phi) is 4.23. The number of aliphatic hydroxyl groups excluding tert-OH is 2. The molecule has 0 aliphatic heterocycles. The second-order valence-electron chi connectivity index (χ2n) is 9.59. The van der Waals surface area contributed by atoms with Crippen LogP contribution >= 0.6 is 0 Å². The lowest BCUT2D eigenvalue weighted by Gasteiger charge is -2.61. The van der Waals surface area contributed by atoms with Gasteiger partial charge in [0, 0.05) is 17.3 Å². The van der Waals surface area contributed by atoms with Gasteiger partial charge in [-0.05, 0) is 55.9 Å². The van der Waals surface area contributed by atoms with Crippen LogP contribution < -0.4 is 0 Å². The molecule has 0 spiro atoms. The molecule has 3 fully saturated rings. The van der Waals surface area contributed by atoms with Crippen molar-refractivity contribution in [1.29, 1.82) is 0 Å². The number of rotatable bonds is 2. The molecule has 3 saturated carbocycles. The number of aliphatic hydroxyl groups is 3. The number of halogens is 1. The Hall–Kier alpha value is -1.11. The first-order chi connectivity index (χ1) is 12.6. The Bertz CT molecular complexity index is 719. The number of hydrogen-bond donors (Lipinski definition) is 3. The summed E-state index contributed by atoms with van der Waals surface area (Å²) in [7, 11) is 0. The van der Waals surface area contributed by atoms with Gasteiger partial charge in [-0.25, -0.2) is 4.39 Å². The second-order valence-corrected chi connectivity index (χ2v) is 9.59. The van der Waals surface area contributed by atoms with Crippen molar-refractivity contribution in [2.75, 3.05) is 6.61 Å².